The Hall–Kier alpha value is -1.26. The molecule has 0 aromatic heterocycles. The van der Waals surface area contributed by atoms with Crippen molar-refractivity contribution in [3.63, 3.8) is 0 Å². The molecule has 3 fully saturated rings. The largest absolute Gasteiger partial charge is 0.339 e. The summed E-state index contributed by atoms with van der Waals surface area (Å²) in [5.41, 5.74) is 0. The highest BCUT2D eigenvalue weighted by Crippen LogP contribution is 2.31. The second-order valence-electron chi connectivity index (χ2n) is 7.41. The number of hydrogen-bond acceptors (Lipinski definition) is 2. The van der Waals surface area contributed by atoms with Gasteiger partial charge in [0.25, 0.3) is 0 Å². The average molecular weight is 307 g/mol. The molecule has 1 heterocycles. The third-order valence-corrected chi connectivity index (χ3v) is 5.82. The summed E-state index contributed by atoms with van der Waals surface area (Å²) in [5.74, 6) is 1.82. The van der Waals surface area contributed by atoms with Gasteiger partial charge in [0.05, 0.1) is 0 Å². The molecule has 0 aromatic rings. The van der Waals surface area contributed by atoms with Gasteiger partial charge in [0.15, 0.2) is 0 Å². The van der Waals surface area contributed by atoms with E-state index < -0.39 is 0 Å². The molecule has 22 heavy (non-hydrogen) atoms. The van der Waals surface area contributed by atoms with Crippen LogP contribution in [0.2, 0.25) is 0 Å². The number of rotatable bonds is 2. The van der Waals surface area contributed by atoms with E-state index in [1.54, 1.807) is 0 Å². The lowest BCUT2D eigenvalue weighted by molar-refractivity contribution is -0.133. The lowest BCUT2D eigenvalue weighted by Gasteiger charge is -2.38. The molecule has 5 nitrogen and oxygen atoms in total. The van der Waals surface area contributed by atoms with Gasteiger partial charge in [0.2, 0.25) is 5.91 Å². The zero-order valence-corrected chi connectivity index (χ0v) is 13.9. The Bertz CT molecular complexity index is 428. The van der Waals surface area contributed by atoms with E-state index in [-0.39, 0.29) is 11.9 Å². The molecular formula is C17H29N3O2. The molecular weight excluding hydrogens is 278 g/mol. The van der Waals surface area contributed by atoms with Gasteiger partial charge in [0.1, 0.15) is 0 Å². The standard InChI is InChI=1S/C17H29N3O2/c1-12-4-3-5-15(13(12)2)18-17(22)20-10-8-19(9-11-20)16(21)14-6-7-14/h12-15H,3-11H2,1-2H3,(H,18,22)/t12-,13-,15+/m1/s1. The predicted octanol–water partition coefficient (Wildman–Crippen LogP) is 2.07. The first-order valence-electron chi connectivity index (χ1n) is 8.90. The molecule has 0 unspecified atom stereocenters. The lowest BCUT2D eigenvalue weighted by atomic mass is 9.78. The van der Waals surface area contributed by atoms with E-state index in [2.05, 4.69) is 19.2 Å². The van der Waals surface area contributed by atoms with Crippen LogP contribution in [0.15, 0.2) is 0 Å². The van der Waals surface area contributed by atoms with Crippen molar-refractivity contribution < 1.29 is 9.59 Å². The van der Waals surface area contributed by atoms with Crippen LogP contribution in [0, 0.1) is 17.8 Å². The van der Waals surface area contributed by atoms with Crippen LogP contribution in [0.25, 0.3) is 0 Å². The van der Waals surface area contributed by atoms with Crippen LogP contribution >= 0.6 is 0 Å². The van der Waals surface area contributed by atoms with Crippen LogP contribution in [-0.2, 0) is 4.79 Å². The van der Waals surface area contributed by atoms with E-state index in [1.807, 2.05) is 9.80 Å². The molecule has 0 bridgehead atoms. The second kappa shape index (κ2) is 6.47. The van der Waals surface area contributed by atoms with Crippen LogP contribution in [-0.4, -0.2) is 54.0 Å². The van der Waals surface area contributed by atoms with E-state index in [0.717, 1.165) is 19.3 Å². The fourth-order valence-electron chi connectivity index (χ4n) is 3.75. The van der Waals surface area contributed by atoms with Crippen LogP contribution < -0.4 is 5.32 Å². The van der Waals surface area contributed by atoms with Crippen molar-refractivity contribution in [1.29, 1.82) is 0 Å². The van der Waals surface area contributed by atoms with Gasteiger partial charge in [-0.3, -0.25) is 4.79 Å². The number of carbonyl (C=O) groups excluding carboxylic acids is 2. The molecule has 0 spiro atoms. The van der Waals surface area contributed by atoms with Crippen molar-refractivity contribution in [2.45, 2.75) is 52.0 Å². The number of urea groups is 1. The minimum Gasteiger partial charge on any atom is -0.339 e. The van der Waals surface area contributed by atoms with Crippen molar-refractivity contribution in [2.75, 3.05) is 26.2 Å². The Morgan fingerprint density at radius 3 is 2.18 bits per heavy atom. The number of piperazine rings is 1. The fourth-order valence-corrected chi connectivity index (χ4v) is 3.75. The van der Waals surface area contributed by atoms with E-state index in [9.17, 15) is 9.59 Å². The molecule has 3 amide bonds. The Morgan fingerprint density at radius 1 is 0.909 bits per heavy atom. The molecule has 124 valence electrons. The Balaban J connectivity index is 1.46. The summed E-state index contributed by atoms with van der Waals surface area (Å²) < 4.78 is 0. The minimum absolute atomic E-state index is 0.0597. The first-order chi connectivity index (χ1) is 10.6. The minimum atomic E-state index is 0.0597. The summed E-state index contributed by atoms with van der Waals surface area (Å²) in [6.07, 6.45) is 5.68. The summed E-state index contributed by atoms with van der Waals surface area (Å²) in [6, 6.07) is 0.367. The zero-order valence-electron chi connectivity index (χ0n) is 13.9. The normalized spacial score (nSPS) is 32.7. The Morgan fingerprint density at radius 2 is 1.55 bits per heavy atom. The van der Waals surface area contributed by atoms with Gasteiger partial charge in [-0.1, -0.05) is 26.7 Å². The summed E-state index contributed by atoms with van der Waals surface area (Å²) in [6.45, 7) is 7.26. The smallest absolute Gasteiger partial charge is 0.317 e. The van der Waals surface area contributed by atoms with E-state index >= 15 is 0 Å². The van der Waals surface area contributed by atoms with Crippen molar-refractivity contribution in [3.8, 4) is 0 Å². The number of nitrogens with zero attached hydrogens (tertiary/aromatic N) is 2. The first-order valence-corrected chi connectivity index (χ1v) is 8.90. The van der Waals surface area contributed by atoms with E-state index in [0.29, 0.717) is 50.0 Å². The molecule has 3 rings (SSSR count). The van der Waals surface area contributed by atoms with Crippen LogP contribution in [0.5, 0.6) is 0 Å². The SMILES string of the molecule is C[C@@H]1[C@H](C)CCC[C@@H]1NC(=O)N1CCN(C(=O)C2CC2)CC1. The molecule has 3 atom stereocenters. The van der Waals surface area contributed by atoms with Crippen LogP contribution in [0.1, 0.15) is 46.0 Å². The molecule has 1 N–H and O–H groups in total. The molecule has 3 aliphatic rings. The molecule has 0 aromatic carbocycles. The molecule has 0 radical (unpaired) electrons. The van der Waals surface area contributed by atoms with Gasteiger partial charge in [-0.05, 0) is 31.1 Å². The van der Waals surface area contributed by atoms with Crippen molar-refractivity contribution >= 4 is 11.9 Å². The van der Waals surface area contributed by atoms with Gasteiger partial charge in [-0.25, -0.2) is 4.79 Å². The highest BCUT2D eigenvalue weighted by atomic mass is 16.2. The number of carbonyl (C=O) groups is 2. The number of hydrogen-bond donors (Lipinski definition) is 1. The summed E-state index contributed by atoms with van der Waals surface area (Å²) in [5, 5.41) is 3.23. The Labute approximate surface area is 133 Å². The van der Waals surface area contributed by atoms with E-state index in [4.69, 9.17) is 0 Å². The molecule has 5 heteroatoms. The van der Waals surface area contributed by atoms with Crippen molar-refractivity contribution in [2.24, 2.45) is 17.8 Å². The maximum atomic E-state index is 12.5. The zero-order chi connectivity index (χ0) is 15.7. The highest BCUT2D eigenvalue weighted by Gasteiger charge is 2.35. The molecule has 1 aliphatic heterocycles. The third-order valence-electron chi connectivity index (χ3n) is 5.82. The van der Waals surface area contributed by atoms with Crippen molar-refractivity contribution in [1.82, 2.24) is 15.1 Å². The highest BCUT2D eigenvalue weighted by molar-refractivity contribution is 5.81. The maximum absolute atomic E-state index is 12.5. The average Bonchev–Trinajstić information content (AvgIpc) is 3.36. The van der Waals surface area contributed by atoms with Gasteiger partial charge >= 0.3 is 6.03 Å². The number of nitrogens with one attached hydrogen (secondary N) is 1. The number of amides is 3. The summed E-state index contributed by atoms with van der Waals surface area (Å²) >= 11 is 0. The van der Waals surface area contributed by atoms with Gasteiger partial charge in [-0.2, -0.15) is 0 Å². The molecule has 2 aliphatic carbocycles. The monoisotopic (exact) mass is 307 g/mol. The van der Waals surface area contributed by atoms with Crippen LogP contribution in [0.4, 0.5) is 4.79 Å². The maximum Gasteiger partial charge on any atom is 0.317 e. The summed E-state index contributed by atoms with van der Waals surface area (Å²) in [7, 11) is 0. The third kappa shape index (κ3) is 3.39. The molecule has 1 saturated heterocycles. The lowest BCUT2D eigenvalue weighted by Crippen LogP contribution is -2.56. The quantitative estimate of drug-likeness (QED) is 0.849. The van der Waals surface area contributed by atoms with Gasteiger partial charge < -0.3 is 15.1 Å². The fraction of sp³-hybridized carbons (Fsp3) is 0.882. The predicted molar refractivity (Wildman–Crippen MR) is 85.4 cm³/mol. The second-order valence-corrected chi connectivity index (χ2v) is 7.41. The molecule has 2 saturated carbocycles. The van der Waals surface area contributed by atoms with Crippen LogP contribution in [0.3, 0.4) is 0 Å². The Kier molecular flexibility index (Phi) is 4.59. The topological polar surface area (TPSA) is 52.7 Å². The van der Waals surface area contributed by atoms with Crippen molar-refractivity contribution in [3.05, 3.63) is 0 Å². The van der Waals surface area contributed by atoms with E-state index in [1.165, 1.54) is 12.8 Å². The van der Waals surface area contributed by atoms with Gasteiger partial charge in [-0.15, -0.1) is 0 Å². The van der Waals surface area contributed by atoms with Gasteiger partial charge in [0, 0.05) is 38.1 Å². The first kappa shape index (κ1) is 15.6. The summed E-state index contributed by atoms with van der Waals surface area (Å²) in [4.78, 5) is 28.3.